The number of carbonyl (C=O) groups is 1. The number of nitrogens with two attached hydrogens (primary N) is 1. The SMILES string of the molecule is Cc1cn[nH]c1C1CN(CC(N)=O)CCO1. The summed E-state index contributed by atoms with van der Waals surface area (Å²) in [6, 6.07) is 0. The molecule has 2 heterocycles. The van der Waals surface area contributed by atoms with Gasteiger partial charge in [0, 0.05) is 13.1 Å². The van der Waals surface area contributed by atoms with Gasteiger partial charge in [0.2, 0.25) is 5.91 Å². The maximum atomic E-state index is 10.8. The monoisotopic (exact) mass is 224 g/mol. The molecule has 1 aromatic rings. The van der Waals surface area contributed by atoms with Gasteiger partial charge in [-0.1, -0.05) is 0 Å². The topological polar surface area (TPSA) is 84.2 Å². The number of aromatic nitrogens is 2. The van der Waals surface area contributed by atoms with Crippen molar-refractivity contribution in [1.29, 1.82) is 0 Å². The Kier molecular flexibility index (Phi) is 3.21. The third kappa shape index (κ3) is 2.40. The van der Waals surface area contributed by atoms with Crippen LogP contribution in [0.2, 0.25) is 0 Å². The van der Waals surface area contributed by atoms with E-state index in [1.165, 1.54) is 0 Å². The van der Waals surface area contributed by atoms with Crippen molar-refractivity contribution >= 4 is 5.91 Å². The number of H-pyrrole nitrogens is 1. The van der Waals surface area contributed by atoms with Crippen LogP contribution in [0.4, 0.5) is 0 Å². The second-order valence-corrected chi connectivity index (χ2v) is 4.03. The molecule has 1 saturated heterocycles. The van der Waals surface area contributed by atoms with Crippen LogP contribution in [-0.2, 0) is 9.53 Å². The summed E-state index contributed by atoms with van der Waals surface area (Å²) in [5.74, 6) is -0.304. The molecular formula is C10H16N4O2. The first kappa shape index (κ1) is 11.1. The smallest absolute Gasteiger partial charge is 0.231 e. The summed E-state index contributed by atoms with van der Waals surface area (Å²) in [6.45, 7) is 4.29. The van der Waals surface area contributed by atoms with Gasteiger partial charge in [-0.2, -0.15) is 5.10 Å². The van der Waals surface area contributed by atoms with E-state index in [2.05, 4.69) is 10.2 Å². The predicted molar refractivity (Wildman–Crippen MR) is 57.7 cm³/mol. The quantitative estimate of drug-likeness (QED) is 0.730. The molecule has 1 atom stereocenters. The second-order valence-electron chi connectivity index (χ2n) is 4.03. The predicted octanol–water partition coefficient (Wildman–Crippen LogP) is -0.423. The number of nitrogens with one attached hydrogen (secondary N) is 1. The number of hydrogen-bond acceptors (Lipinski definition) is 4. The number of carbonyl (C=O) groups excluding carboxylic acids is 1. The molecule has 0 spiro atoms. The lowest BCUT2D eigenvalue weighted by atomic mass is 10.1. The zero-order valence-corrected chi connectivity index (χ0v) is 9.27. The maximum absolute atomic E-state index is 10.8. The number of aryl methyl sites for hydroxylation is 1. The first-order chi connectivity index (χ1) is 7.66. The highest BCUT2D eigenvalue weighted by molar-refractivity contribution is 5.75. The van der Waals surface area contributed by atoms with E-state index in [9.17, 15) is 4.79 Å². The van der Waals surface area contributed by atoms with E-state index < -0.39 is 0 Å². The van der Waals surface area contributed by atoms with Gasteiger partial charge in [0.1, 0.15) is 6.10 Å². The van der Waals surface area contributed by atoms with Crippen LogP contribution in [0, 0.1) is 6.92 Å². The fourth-order valence-corrected chi connectivity index (χ4v) is 1.92. The molecule has 0 aromatic carbocycles. The van der Waals surface area contributed by atoms with E-state index in [1.54, 1.807) is 6.20 Å². The highest BCUT2D eigenvalue weighted by atomic mass is 16.5. The molecule has 1 aromatic heterocycles. The first-order valence-electron chi connectivity index (χ1n) is 5.29. The van der Waals surface area contributed by atoms with Gasteiger partial charge in [-0.25, -0.2) is 0 Å². The van der Waals surface area contributed by atoms with E-state index in [4.69, 9.17) is 10.5 Å². The zero-order chi connectivity index (χ0) is 11.5. The molecular weight excluding hydrogens is 208 g/mol. The Labute approximate surface area is 93.8 Å². The van der Waals surface area contributed by atoms with E-state index >= 15 is 0 Å². The molecule has 0 saturated carbocycles. The normalized spacial score (nSPS) is 22.2. The number of primary amides is 1. The van der Waals surface area contributed by atoms with Crippen LogP contribution in [0.5, 0.6) is 0 Å². The van der Waals surface area contributed by atoms with E-state index in [1.807, 2.05) is 11.8 Å². The minimum atomic E-state index is -0.304. The Hall–Kier alpha value is -1.40. The fourth-order valence-electron chi connectivity index (χ4n) is 1.92. The Bertz CT molecular complexity index is 377. The van der Waals surface area contributed by atoms with Crippen LogP contribution in [0.15, 0.2) is 6.20 Å². The van der Waals surface area contributed by atoms with Crippen molar-refractivity contribution in [2.45, 2.75) is 13.0 Å². The van der Waals surface area contributed by atoms with Crippen molar-refractivity contribution in [2.24, 2.45) is 5.73 Å². The zero-order valence-electron chi connectivity index (χ0n) is 9.27. The lowest BCUT2D eigenvalue weighted by Crippen LogP contribution is -2.43. The highest BCUT2D eigenvalue weighted by Gasteiger charge is 2.24. The largest absolute Gasteiger partial charge is 0.369 e. The van der Waals surface area contributed by atoms with Gasteiger partial charge >= 0.3 is 0 Å². The molecule has 1 aliphatic rings. The van der Waals surface area contributed by atoms with Gasteiger partial charge in [-0.05, 0) is 12.5 Å². The average molecular weight is 224 g/mol. The van der Waals surface area contributed by atoms with Gasteiger partial charge in [0.15, 0.2) is 0 Å². The average Bonchev–Trinajstić information content (AvgIpc) is 2.64. The van der Waals surface area contributed by atoms with Crippen LogP contribution in [0.25, 0.3) is 0 Å². The molecule has 2 rings (SSSR count). The van der Waals surface area contributed by atoms with E-state index in [0.29, 0.717) is 13.2 Å². The van der Waals surface area contributed by atoms with Crippen molar-refractivity contribution in [3.8, 4) is 0 Å². The summed E-state index contributed by atoms with van der Waals surface area (Å²) in [6.07, 6.45) is 1.72. The Balaban J connectivity index is 2.02. The van der Waals surface area contributed by atoms with Crippen LogP contribution in [0.1, 0.15) is 17.4 Å². The van der Waals surface area contributed by atoms with Gasteiger partial charge in [-0.3, -0.25) is 14.8 Å². The minimum absolute atomic E-state index is 0.0457. The van der Waals surface area contributed by atoms with Crippen molar-refractivity contribution in [1.82, 2.24) is 15.1 Å². The van der Waals surface area contributed by atoms with Crippen LogP contribution in [-0.4, -0.2) is 47.2 Å². The summed E-state index contributed by atoms with van der Waals surface area (Å²) < 4.78 is 5.65. The number of amides is 1. The van der Waals surface area contributed by atoms with E-state index in [0.717, 1.165) is 17.8 Å². The molecule has 16 heavy (non-hydrogen) atoms. The van der Waals surface area contributed by atoms with Crippen LogP contribution >= 0.6 is 0 Å². The summed E-state index contributed by atoms with van der Waals surface area (Å²) >= 11 is 0. The molecule has 0 radical (unpaired) electrons. The van der Waals surface area contributed by atoms with Gasteiger partial charge in [-0.15, -0.1) is 0 Å². The Morgan fingerprint density at radius 1 is 1.81 bits per heavy atom. The van der Waals surface area contributed by atoms with Crippen molar-refractivity contribution in [3.05, 3.63) is 17.5 Å². The van der Waals surface area contributed by atoms with Gasteiger partial charge < -0.3 is 10.5 Å². The van der Waals surface area contributed by atoms with Gasteiger partial charge in [0.25, 0.3) is 0 Å². The molecule has 6 heteroatoms. The summed E-state index contributed by atoms with van der Waals surface area (Å²) in [5.41, 5.74) is 7.23. The number of morpholine rings is 1. The van der Waals surface area contributed by atoms with Crippen molar-refractivity contribution in [3.63, 3.8) is 0 Å². The van der Waals surface area contributed by atoms with Crippen LogP contribution in [0.3, 0.4) is 0 Å². The molecule has 1 aliphatic heterocycles. The summed E-state index contributed by atoms with van der Waals surface area (Å²) in [7, 11) is 0. The fraction of sp³-hybridized carbons (Fsp3) is 0.600. The molecule has 88 valence electrons. The van der Waals surface area contributed by atoms with Gasteiger partial charge in [0.05, 0.1) is 25.0 Å². The number of aromatic amines is 1. The maximum Gasteiger partial charge on any atom is 0.231 e. The third-order valence-electron chi connectivity index (χ3n) is 2.72. The number of ether oxygens (including phenoxy) is 1. The highest BCUT2D eigenvalue weighted by Crippen LogP contribution is 2.22. The molecule has 0 aliphatic carbocycles. The Morgan fingerprint density at radius 2 is 2.62 bits per heavy atom. The lowest BCUT2D eigenvalue weighted by Gasteiger charge is -2.31. The molecule has 1 unspecified atom stereocenters. The lowest BCUT2D eigenvalue weighted by molar-refractivity contribution is -0.121. The van der Waals surface area contributed by atoms with E-state index in [-0.39, 0.29) is 18.6 Å². The Morgan fingerprint density at radius 3 is 3.25 bits per heavy atom. The van der Waals surface area contributed by atoms with Crippen molar-refractivity contribution in [2.75, 3.05) is 26.2 Å². The molecule has 0 bridgehead atoms. The molecule has 3 N–H and O–H groups in total. The number of hydrogen-bond donors (Lipinski definition) is 2. The first-order valence-corrected chi connectivity index (χ1v) is 5.29. The minimum Gasteiger partial charge on any atom is -0.369 e. The van der Waals surface area contributed by atoms with Crippen LogP contribution < -0.4 is 5.73 Å². The third-order valence-corrected chi connectivity index (χ3v) is 2.72. The summed E-state index contributed by atoms with van der Waals surface area (Å²) in [4.78, 5) is 12.8. The molecule has 1 fully saturated rings. The molecule has 1 amide bonds. The standard InChI is InChI=1S/C10H16N4O2/c1-7-4-12-13-10(7)8-5-14(2-3-16-8)6-9(11)15/h4,8H,2-3,5-6H2,1H3,(H2,11,15)(H,12,13). The second kappa shape index (κ2) is 4.63. The molecule has 6 nitrogen and oxygen atoms in total. The number of rotatable bonds is 3. The van der Waals surface area contributed by atoms with Crippen molar-refractivity contribution < 1.29 is 9.53 Å². The summed E-state index contributed by atoms with van der Waals surface area (Å²) in [5, 5.41) is 6.90. The number of nitrogens with zero attached hydrogens (tertiary/aromatic N) is 2.